The highest BCUT2D eigenvalue weighted by Crippen LogP contribution is 2.29. The molecule has 0 amide bonds. The molecule has 2 heterocycles. The van der Waals surface area contributed by atoms with Crippen molar-refractivity contribution >= 4 is 5.65 Å². The van der Waals surface area contributed by atoms with Gasteiger partial charge in [0.2, 0.25) is 0 Å². The fourth-order valence-electron chi connectivity index (χ4n) is 3.65. The Morgan fingerprint density at radius 2 is 2.21 bits per heavy atom. The molecule has 1 unspecified atom stereocenters. The van der Waals surface area contributed by atoms with E-state index in [0.29, 0.717) is 6.04 Å². The highest BCUT2D eigenvalue weighted by atomic mass is 16.5. The molecule has 1 aliphatic rings. The number of pyridine rings is 1. The molecular weight excluding hydrogens is 298 g/mol. The van der Waals surface area contributed by atoms with Gasteiger partial charge in [-0.1, -0.05) is 18.2 Å². The summed E-state index contributed by atoms with van der Waals surface area (Å²) in [5, 5.41) is 3.70. The second-order valence-corrected chi connectivity index (χ2v) is 6.44. The van der Waals surface area contributed by atoms with Crippen LogP contribution in [0, 0.1) is 0 Å². The van der Waals surface area contributed by atoms with E-state index in [2.05, 4.69) is 39.1 Å². The third-order valence-electron chi connectivity index (χ3n) is 4.89. The van der Waals surface area contributed by atoms with Gasteiger partial charge in [0, 0.05) is 31.4 Å². The number of nitrogens with one attached hydrogen (secondary N) is 1. The van der Waals surface area contributed by atoms with E-state index >= 15 is 0 Å². The molecule has 0 radical (unpaired) electrons. The first-order valence-electron chi connectivity index (χ1n) is 8.64. The summed E-state index contributed by atoms with van der Waals surface area (Å²) in [4.78, 5) is 4.66. The van der Waals surface area contributed by atoms with Gasteiger partial charge in [-0.2, -0.15) is 0 Å². The van der Waals surface area contributed by atoms with Crippen LogP contribution in [-0.4, -0.2) is 29.1 Å². The first kappa shape index (κ1) is 15.2. The first-order valence-corrected chi connectivity index (χ1v) is 8.64. The Labute approximate surface area is 142 Å². The van der Waals surface area contributed by atoms with Crippen LogP contribution in [0.4, 0.5) is 0 Å². The molecule has 1 aromatic carbocycles. The van der Waals surface area contributed by atoms with Crippen molar-refractivity contribution < 1.29 is 4.74 Å². The van der Waals surface area contributed by atoms with Crippen LogP contribution in [0.5, 0.6) is 5.75 Å². The van der Waals surface area contributed by atoms with E-state index in [1.807, 2.05) is 24.4 Å². The van der Waals surface area contributed by atoms with Gasteiger partial charge in [0.05, 0.1) is 12.8 Å². The second-order valence-electron chi connectivity index (χ2n) is 6.44. The molecule has 2 aromatic heterocycles. The van der Waals surface area contributed by atoms with Crippen molar-refractivity contribution in [2.45, 2.75) is 31.7 Å². The summed E-state index contributed by atoms with van der Waals surface area (Å²) < 4.78 is 7.57. The average molecular weight is 321 g/mol. The van der Waals surface area contributed by atoms with Crippen molar-refractivity contribution in [2.24, 2.45) is 0 Å². The molecule has 24 heavy (non-hydrogen) atoms. The van der Waals surface area contributed by atoms with Crippen molar-refractivity contribution in [3.63, 3.8) is 0 Å². The molecule has 4 rings (SSSR count). The summed E-state index contributed by atoms with van der Waals surface area (Å²) in [6.07, 6.45) is 8.47. The van der Waals surface area contributed by atoms with Gasteiger partial charge in [-0.05, 0) is 48.6 Å². The monoisotopic (exact) mass is 321 g/mol. The minimum absolute atomic E-state index is 0.543. The molecule has 124 valence electrons. The number of benzene rings is 1. The molecule has 0 fully saturated rings. The number of aromatic nitrogens is 2. The summed E-state index contributed by atoms with van der Waals surface area (Å²) >= 11 is 0. The largest absolute Gasteiger partial charge is 0.496 e. The number of fused-ring (bicyclic) bond motifs is 2. The quantitative estimate of drug-likeness (QED) is 0.785. The molecule has 0 saturated heterocycles. The van der Waals surface area contributed by atoms with Gasteiger partial charge in [0.15, 0.2) is 0 Å². The highest BCUT2D eigenvalue weighted by Gasteiger charge is 2.20. The molecule has 0 spiro atoms. The van der Waals surface area contributed by atoms with E-state index in [0.717, 1.165) is 42.9 Å². The molecule has 1 N–H and O–H groups in total. The SMILES string of the molecule is COc1cccc2c1CCC(NCCc1cn3ccccc3n1)C2. The van der Waals surface area contributed by atoms with E-state index < -0.39 is 0 Å². The van der Waals surface area contributed by atoms with Crippen LogP contribution in [0.15, 0.2) is 48.8 Å². The van der Waals surface area contributed by atoms with Crippen molar-refractivity contribution in [3.05, 3.63) is 65.6 Å². The zero-order chi connectivity index (χ0) is 16.4. The smallest absolute Gasteiger partial charge is 0.136 e. The third kappa shape index (κ3) is 3.02. The summed E-state index contributed by atoms with van der Waals surface area (Å²) in [7, 11) is 1.76. The van der Waals surface area contributed by atoms with Crippen LogP contribution in [0.3, 0.4) is 0 Å². The Hall–Kier alpha value is -2.33. The highest BCUT2D eigenvalue weighted by molar-refractivity contribution is 5.42. The maximum Gasteiger partial charge on any atom is 0.136 e. The first-order chi connectivity index (χ1) is 11.8. The van der Waals surface area contributed by atoms with Gasteiger partial charge in [-0.3, -0.25) is 0 Å². The second kappa shape index (κ2) is 6.65. The number of methoxy groups -OCH3 is 1. The molecule has 4 nitrogen and oxygen atoms in total. The zero-order valence-corrected chi connectivity index (χ0v) is 14.0. The van der Waals surface area contributed by atoms with Gasteiger partial charge >= 0.3 is 0 Å². The van der Waals surface area contributed by atoms with Crippen molar-refractivity contribution in [3.8, 4) is 5.75 Å². The van der Waals surface area contributed by atoms with Crippen molar-refractivity contribution in [2.75, 3.05) is 13.7 Å². The fourth-order valence-corrected chi connectivity index (χ4v) is 3.65. The predicted molar refractivity (Wildman–Crippen MR) is 95.7 cm³/mol. The van der Waals surface area contributed by atoms with E-state index in [1.54, 1.807) is 7.11 Å². The Balaban J connectivity index is 1.35. The molecule has 1 atom stereocenters. The molecule has 0 bridgehead atoms. The number of hydrogen-bond acceptors (Lipinski definition) is 3. The lowest BCUT2D eigenvalue weighted by Crippen LogP contribution is -2.35. The summed E-state index contributed by atoms with van der Waals surface area (Å²) in [6, 6.07) is 13.0. The molecule has 0 saturated carbocycles. The summed E-state index contributed by atoms with van der Waals surface area (Å²) in [6.45, 7) is 0.966. The lowest BCUT2D eigenvalue weighted by atomic mass is 9.87. The lowest BCUT2D eigenvalue weighted by Gasteiger charge is -2.26. The Bertz CT molecular complexity index is 807. The topological polar surface area (TPSA) is 38.6 Å². The maximum atomic E-state index is 5.48. The van der Waals surface area contributed by atoms with Crippen LogP contribution in [0.25, 0.3) is 5.65 Å². The third-order valence-corrected chi connectivity index (χ3v) is 4.89. The fraction of sp³-hybridized carbons (Fsp3) is 0.350. The number of rotatable bonds is 5. The minimum Gasteiger partial charge on any atom is -0.496 e. The lowest BCUT2D eigenvalue weighted by molar-refractivity contribution is 0.397. The summed E-state index contributed by atoms with van der Waals surface area (Å²) in [5.74, 6) is 1.04. The van der Waals surface area contributed by atoms with Gasteiger partial charge in [0.1, 0.15) is 11.4 Å². The van der Waals surface area contributed by atoms with Gasteiger partial charge in [-0.25, -0.2) is 4.98 Å². The minimum atomic E-state index is 0.543. The maximum absolute atomic E-state index is 5.48. The predicted octanol–water partition coefficient (Wildman–Crippen LogP) is 3.03. The zero-order valence-electron chi connectivity index (χ0n) is 14.0. The molecule has 3 aromatic rings. The molecule has 1 aliphatic carbocycles. The van der Waals surface area contributed by atoms with E-state index in [1.165, 1.54) is 17.5 Å². The Morgan fingerprint density at radius 3 is 3.08 bits per heavy atom. The molecule has 0 aliphatic heterocycles. The average Bonchev–Trinajstić information content (AvgIpc) is 3.03. The van der Waals surface area contributed by atoms with E-state index in [-0.39, 0.29) is 0 Å². The Kier molecular flexibility index (Phi) is 4.22. The van der Waals surface area contributed by atoms with Crippen LogP contribution in [0.2, 0.25) is 0 Å². The molecule has 4 heteroatoms. The van der Waals surface area contributed by atoms with Gasteiger partial charge < -0.3 is 14.5 Å². The summed E-state index contributed by atoms with van der Waals surface area (Å²) in [5.41, 5.74) is 4.97. The Morgan fingerprint density at radius 1 is 1.25 bits per heavy atom. The van der Waals surface area contributed by atoms with Crippen molar-refractivity contribution in [1.29, 1.82) is 0 Å². The van der Waals surface area contributed by atoms with Crippen LogP contribution >= 0.6 is 0 Å². The number of nitrogens with zero attached hydrogens (tertiary/aromatic N) is 2. The van der Waals surface area contributed by atoms with Crippen molar-refractivity contribution in [1.82, 2.24) is 14.7 Å². The van der Waals surface area contributed by atoms with Crippen LogP contribution in [-0.2, 0) is 19.3 Å². The normalized spacial score (nSPS) is 17.0. The molecular formula is C20H23N3O. The number of hydrogen-bond donors (Lipinski definition) is 1. The van der Waals surface area contributed by atoms with Crippen LogP contribution in [0.1, 0.15) is 23.2 Å². The van der Waals surface area contributed by atoms with E-state index in [4.69, 9.17) is 4.74 Å². The standard InChI is InChI=1S/C20H23N3O/c1-24-19-6-4-5-15-13-16(8-9-18(15)19)21-11-10-17-14-23-12-3-2-7-20(23)22-17/h2-7,12,14,16,21H,8-11,13H2,1H3. The van der Waals surface area contributed by atoms with E-state index in [9.17, 15) is 0 Å². The van der Waals surface area contributed by atoms with Gasteiger partial charge in [-0.15, -0.1) is 0 Å². The van der Waals surface area contributed by atoms with Gasteiger partial charge in [0.25, 0.3) is 0 Å². The number of ether oxygens (including phenoxy) is 1. The van der Waals surface area contributed by atoms with Crippen LogP contribution < -0.4 is 10.1 Å². The number of imidazole rings is 1.